The highest BCUT2D eigenvalue weighted by molar-refractivity contribution is 7.90. The van der Waals surface area contributed by atoms with E-state index in [0.717, 1.165) is 39.0 Å². The van der Waals surface area contributed by atoms with E-state index in [4.69, 9.17) is 5.11 Å². The van der Waals surface area contributed by atoms with Crippen LogP contribution < -0.4 is 4.90 Å². The van der Waals surface area contributed by atoms with Crippen molar-refractivity contribution < 1.29 is 36.3 Å². The minimum atomic E-state index is -4.60. The topological polar surface area (TPSA) is 96.7 Å². The van der Waals surface area contributed by atoms with Crippen LogP contribution in [0.3, 0.4) is 0 Å². The molecule has 190 valence electrons. The van der Waals surface area contributed by atoms with Crippen LogP contribution in [0.4, 0.5) is 18.9 Å². The summed E-state index contributed by atoms with van der Waals surface area (Å²) >= 11 is 0. The number of benzene rings is 2. The fraction of sp³-hybridized carbons (Fsp3) is 0.280. The lowest BCUT2D eigenvalue weighted by Gasteiger charge is -2.14. The molecular formula is C25H23F3N2O5S. The molecule has 1 aliphatic heterocycles. The van der Waals surface area contributed by atoms with Gasteiger partial charge >= 0.3 is 12.1 Å². The minimum absolute atomic E-state index is 0.0526. The van der Waals surface area contributed by atoms with Gasteiger partial charge in [-0.05, 0) is 60.4 Å². The molecule has 7 nitrogen and oxygen atoms in total. The van der Waals surface area contributed by atoms with E-state index in [-0.39, 0.29) is 35.3 Å². The Morgan fingerprint density at radius 3 is 2.53 bits per heavy atom. The predicted molar refractivity (Wildman–Crippen MR) is 129 cm³/mol. The number of nitrogens with zero attached hydrogens (tertiary/aromatic N) is 2. The maximum Gasteiger partial charge on any atom is 0.416 e. The molecule has 1 N–H and O–H groups in total. The summed E-state index contributed by atoms with van der Waals surface area (Å²) in [6.07, 6.45) is -1.39. The molecule has 2 heterocycles. The molecule has 1 aromatic heterocycles. The molecule has 0 saturated carbocycles. The molecule has 11 heteroatoms. The standard InChI is InChI=1S/C25H23F3N2O5S/c1-16(31)29-11-10-18-13-17(4-7-22(18)29)3-2-12-36(34,35)30-21(6-9-24(32)33)15-19-14-20(25(26,27)28)5-8-23(19)30/h2-5,7-8,13-15H,6,9-12H2,1H3,(H,32,33). The summed E-state index contributed by atoms with van der Waals surface area (Å²) in [7, 11) is -4.07. The van der Waals surface area contributed by atoms with Crippen LogP contribution in [0.2, 0.25) is 0 Å². The molecule has 0 unspecified atom stereocenters. The average molecular weight is 521 g/mol. The number of halogens is 3. The number of carboxylic acids is 1. The number of amides is 1. The molecular weight excluding hydrogens is 497 g/mol. The van der Waals surface area contributed by atoms with Crippen molar-refractivity contribution >= 4 is 44.6 Å². The third-order valence-electron chi connectivity index (χ3n) is 6.03. The van der Waals surface area contributed by atoms with Gasteiger partial charge in [0.1, 0.15) is 0 Å². The Morgan fingerprint density at radius 1 is 1.11 bits per heavy atom. The highest BCUT2D eigenvalue weighted by atomic mass is 32.2. The third-order valence-corrected chi connectivity index (χ3v) is 7.63. The van der Waals surface area contributed by atoms with Gasteiger partial charge in [-0.2, -0.15) is 13.2 Å². The first-order chi connectivity index (χ1) is 16.9. The van der Waals surface area contributed by atoms with Gasteiger partial charge in [0.15, 0.2) is 0 Å². The molecule has 0 bridgehead atoms. The van der Waals surface area contributed by atoms with Crippen molar-refractivity contribution in [2.75, 3.05) is 17.2 Å². The first-order valence-electron chi connectivity index (χ1n) is 11.1. The van der Waals surface area contributed by atoms with Gasteiger partial charge in [0.05, 0.1) is 23.3 Å². The summed E-state index contributed by atoms with van der Waals surface area (Å²) in [6, 6.07) is 9.49. The van der Waals surface area contributed by atoms with E-state index >= 15 is 0 Å². The van der Waals surface area contributed by atoms with E-state index in [1.807, 2.05) is 6.07 Å². The molecule has 3 aromatic rings. The van der Waals surface area contributed by atoms with Crippen LogP contribution in [-0.4, -0.2) is 41.7 Å². The number of aromatic nitrogens is 1. The first kappa shape index (κ1) is 25.5. The highest BCUT2D eigenvalue weighted by Crippen LogP contribution is 2.33. The normalized spacial score (nSPS) is 14.1. The van der Waals surface area contributed by atoms with Crippen molar-refractivity contribution in [3.8, 4) is 0 Å². The Balaban J connectivity index is 1.64. The Morgan fingerprint density at radius 2 is 1.86 bits per heavy atom. The van der Waals surface area contributed by atoms with Crippen LogP contribution in [0.15, 0.2) is 48.5 Å². The Kier molecular flexibility index (Phi) is 6.70. The average Bonchev–Trinajstić information content (AvgIpc) is 3.37. The Bertz CT molecular complexity index is 1490. The third kappa shape index (κ3) is 5.15. The maximum absolute atomic E-state index is 13.2. The summed E-state index contributed by atoms with van der Waals surface area (Å²) in [5.41, 5.74) is 1.78. The van der Waals surface area contributed by atoms with E-state index in [9.17, 15) is 31.2 Å². The second-order valence-corrected chi connectivity index (χ2v) is 10.4. The van der Waals surface area contributed by atoms with Gasteiger partial charge in [0.2, 0.25) is 15.9 Å². The predicted octanol–water partition coefficient (Wildman–Crippen LogP) is 4.48. The van der Waals surface area contributed by atoms with Crippen LogP contribution in [0.25, 0.3) is 17.0 Å². The fourth-order valence-electron chi connectivity index (χ4n) is 4.39. The van der Waals surface area contributed by atoms with Gasteiger partial charge in [0.25, 0.3) is 0 Å². The zero-order chi connectivity index (χ0) is 26.3. The summed E-state index contributed by atoms with van der Waals surface area (Å²) in [5, 5.41) is 9.10. The Hall–Kier alpha value is -3.60. The van der Waals surface area contributed by atoms with E-state index < -0.39 is 33.5 Å². The molecule has 0 aliphatic carbocycles. The SMILES string of the molecule is CC(=O)N1CCc2cc(C=CCS(=O)(=O)n3c(CCC(=O)O)cc4cc(C(F)(F)F)ccc43)ccc21. The van der Waals surface area contributed by atoms with Crippen molar-refractivity contribution in [3.05, 3.63) is 70.9 Å². The van der Waals surface area contributed by atoms with Crippen LogP contribution in [0.1, 0.15) is 35.7 Å². The molecule has 0 radical (unpaired) electrons. The van der Waals surface area contributed by atoms with Crippen LogP contribution in [-0.2, 0) is 38.6 Å². The quantitative estimate of drug-likeness (QED) is 0.496. The van der Waals surface area contributed by atoms with Gasteiger partial charge in [-0.25, -0.2) is 12.4 Å². The van der Waals surface area contributed by atoms with E-state index in [1.54, 1.807) is 23.1 Å². The number of hydrogen-bond acceptors (Lipinski definition) is 4. The van der Waals surface area contributed by atoms with Gasteiger partial charge in [-0.1, -0.05) is 18.2 Å². The maximum atomic E-state index is 13.2. The molecule has 0 fully saturated rings. The molecule has 0 atom stereocenters. The molecule has 4 rings (SSSR count). The van der Waals surface area contributed by atoms with Crippen molar-refractivity contribution in [1.82, 2.24) is 3.97 Å². The number of hydrogen-bond donors (Lipinski definition) is 1. The van der Waals surface area contributed by atoms with Crippen LogP contribution in [0.5, 0.6) is 0 Å². The summed E-state index contributed by atoms with van der Waals surface area (Å²) in [5.74, 6) is -1.66. The fourth-order valence-corrected chi connectivity index (χ4v) is 5.85. The van der Waals surface area contributed by atoms with Crippen molar-refractivity contribution in [2.45, 2.75) is 32.4 Å². The summed E-state index contributed by atoms with van der Waals surface area (Å²) < 4.78 is 66.9. The highest BCUT2D eigenvalue weighted by Gasteiger charge is 2.31. The molecule has 36 heavy (non-hydrogen) atoms. The lowest BCUT2D eigenvalue weighted by molar-refractivity contribution is -0.138. The zero-order valence-corrected chi connectivity index (χ0v) is 20.1. The number of fused-ring (bicyclic) bond motifs is 2. The number of aliphatic carboxylic acids is 1. The van der Waals surface area contributed by atoms with Gasteiger partial charge in [-0.3, -0.25) is 9.59 Å². The number of carbonyl (C=O) groups is 2. The van der Waals surface area contributed by atoms with E-state index in [0.29, 0.717) is 13.0 Å². The zero-order valence-electron chi connectivity index (χ0n) is 19.2. The second kappa shape index (κ2) is 9.45. The van der Waals surface area contributed by atoms with Crippen LogP contribution >= 0.6 is 0 Å². The van der Waals surface area contributed by atoms with Crippen molar-refractivity contribution in [3.63, 3.8) is 0 Å². The van der Waals surface area contributed by atoms with Crippen molar-refractivity contribution in [1.29, 1.82) is 0 Å². The molecule has 2 aromatic carbocycles. The van der Waals surface area contributed by atoms with Gasteiger partial charge in [-0.15, -0.1) is 0 Å². The van der Waals surface area contributed by atoms with Crippen molar-refractivity contribution in [2.24, 2.45) is 0 Å². The Labute approximate surface area is 205 Å². The van der Waals surface area contributed by atoms with Crippen LogP contribution in [0, 0.1) is 0 Å². The van der Waals surface area contributed by atoms with Gasteiger partial charge in [0, 0.05) is 30.2 Å². The monoisotopic (exact) mass is 520 g/mol. The number of rotatable bonds is 7. The molecule has 1 aliphatic rings. The van der Waals surface area contributed by atoms with E-state index in [1.165, 1.54) is 19.1 Å². The molecule has 1 amide bonds. The summed E-state index contributed by atoms with van der Waals surface area (Å²) in [4.78, 5) is 24.5. The number of carbonyl (C=O) groups excluding carboxylic acids is 1. The largest absolute Gasteiger partial charge is 0.481 e. The molecule has 0 spiro atoms. The van der Waals surface area contributed by atoms with Gasteiger partial charge < -0.3 is 10.0 Å². The minimum Gasteiger partial charge on any atom is -0.481 e. The number of carboxylic acid groups (broad SMARTS) is 1. The number of alkyl halides is 3. The first-order valence-corrected chi connectivity index (χ1v) is 12.7. The summed E-state index contributed by atoms with van der Waals surface area (Å²) in [6.45, 7) is 2.08. The lowest BCUT2D eigenvalue weighted by atomic mass is 10.1. The number of anilines is 1. The number of aryl methyl sites for hydroxylation is 1. The lowest BCUT2D eigenvalue weighted by Crippen LogP contribution is -2.25. The smallest absolute Gasteiger partial charge is 0.416 e. The van der Waals surface area contributed by atoms with E-state index in [2.05, 4.69) is 0 Å². The second-order valence-electron chi connectivity index (χ2n) is 8.55. The molecule has 0 saturated heterocycles.